The Morgan fingerprint density at radius 3 is 2.69 bits per heavy atom. The van der Waals surface area contributed by atoms with Crippen LogP contribution >= 0.6 is 7.82 Å². The van der Waals surface area contributed by atoms with Crippen molar-refractivity contribution in [2.75, 3.05) is 12.3 Å². The first-order chi connectivity index (χ1) is 12.1. The molecule has 2 aromatic heterocycles. The molecule has 3 rings (SSSR count). The van der Waals surface area contributed by atoms with Gasteiger partial charge in [-0.3, -0.25) is 9.09 Å². The van der Waals surface area contributed by atoms with Crippen LogP contribution < -0.4 is 10.3 Å². The Hall–Kier alpha value is -1.70. The molecular formula is C12H19N5O8P+. The number of hydrogen-bond donors (Lipinski definition) is 6. The lowest BCUT2D eigenvalue weighted by molar-refractivity contribution is -0.658. The van der Waals surface area contributed by atoms with Gasteiger partial charge in [0.05, 0.1) is 13.7 Å². The number of phosphoric ester groups is 1. The lowest BCUT2D eigenvalue weighted by Gasteiger charge is -2.41. The van der Waals surface area contributed by atoms with Crippen LogP contribution in [-0.2, 0) is 20.9 Å². The Kier molecular flexibility index (Phi) is 4.98. The molecule has 0 saturated carbocycles. The smallest absolute Gasteiger partial charge is 0.394 e. The molecule has 7 N–H and O–H groups in total. The number of imidazole rings is 1. The molecule has 0 spiro atoms. The number of phosphoric acid groups is 1. The van der Waals surface area contributed by atoms with E-state index in [1.54, 1.807) is 7.05 Å². The number of aliphatic hydroxyl groups excluding tert-OH is 3. The molecule has 2 aromatic rings. The van der Waals surface area contributed by atoms with Crippen LogP contribution in [0.1, 0.15) is 6.23 Å². The van der Waals surface area contributed by atoms with Crippen LogP contribution in [0.25, 0.3) is 11.2 Å². The van der Waals surface area contributed by atoms with Gasteiger partial charge in [-0.25, -0.2) is 14.1 Å². The van der Waals surface area contributed by atoms with Crippen molar-refractivity contribution in [1.82, 2.24) is 14.5 Å². The van der Waals surface area contributed by atoms with Gasteiger partial charge in [0.15, 0.2) is 11.7 Å². The SMILES string of the molecule is C[n+]1cnc2c(ncn2[C@@H]2O[C@H](CO)[C@@H](O)[C@H](OP(=O)(O)O)[C@H]2O)c1N. The third kappa shape index (κ3) is 3.31. The summed E-state index contributed by atoms with van der Waals surface area (Å²) in [5.41, 5.74) is 6.46. The molecule has 1 aliphatic heterocycles. The predicted molar refractivity (Wildman–Crippen MR) is 83.0 cm³/mol. The van der Waals surface area contributed by atoms with Gasteiger partial charge in [-0.1, -0.05) is 4.98 Å². The maximum atomic E-state index is 11.2. The Labute approximate surface area is 146 Å². The van der Waals surface area contributed by atoms with E-state index in [0.717, 1.165) is 0 Å². The highest BCUT2D eigenvalue weighted by atomic mass is 31.2. The van der Waals surface area contributed by atoms with Crippen LogP contribution in [0.5, 0.6) is 0 Å². The Bertz CT molecular complexity index is 856. The van der Waals surface area contributed by atoms with Gasteiger partial charge in [0.1, 0.15) is 30.7 Å². The average molecular weight is 392 g/mol. The second kappa shape index (κ2) is 6.79. The average Bonchev–Trinajstić information content (AvgIpc) is 2.99. The Morgan fingerprint density at radius 1 is 1.38 bits per heavy atom. The third-order valence-corrected chi connectivity index (χ3v) is 4.64. The number of hydrogen-bond acceptors (Lipinski definition) is 9. The van der Waals surface area contributed by atoms with Crippen molar-refractivity contribution < 1.29 is 43.5 Å². The van der Waals surface area contributed by atoms with Crippen molar-refractivity contribution in [3.05, 3.63) is 12.7 Å². The number of ether oxygens (including phenoxy) is 1. The number of anilines is 1. The summed E-state index contributed by atoms with van der Waals surface area (Å²) < 4.78 is 24.0. The zero-order chi connectivity index (χ0) is 19.2. The van der Waals surface area contributed by atoms with E-state index < -0.39 is 45.1 Å². The fourth-order valence-corrected chi connectivity index (χ4v) is 3.37. The lowest BCUT2D eigenvalue weighted by Crippen LogP contribution is -2.57. The molecule has 14 heteroatoms. The van der Waals surface area contributed by atoms with E-state index in [-0.39, 0.29) is 5.65 Å². The van der Waals surface area contributed by atoms with E-state index in [2.05, 4.69) is 14.5 Å². The second-order valence-corrected chi connectivity index (χ2v) is 7.05. The monoisotopic (exact) mass is 392 g/mol. The number of rotatable bonds is 4. The maximum absolute atomic E-state index is 11.2. The summed E-state index contributed by atoms with van der Waals surface area (Å²) in [6.45, 7) is -0.678. The zero-order valence-electron chi connectivity index (χ0n) is 13.5. The van der Waals surface area contributed by atoms with Crippen molar-refractivity contribution in [3.8, 4) is 0 Å². The first kappa shape index (κ1) is 19.1. The topological polar surface area (TPSA) is 197 Å². The van der Waals surface area contributed by atoms with Gasteiger partial charge in [-0.05, 0) is 0 Å². The van der Waals surface area contributed by atoms with Gasteiger partial charge in [0.2, 0.25) is 12.0 Å². The van der Waals surface area contributed by atoms with E-state index >= 15 is 0 Å². The molecule has 144 valence electrons. The molecule has 1 aliphatic rings. The van der Waals surface area contributed by atoms with Crippen molar-refractivity contribution in [2.45, 2.75) is 30.6 Å². The molecule has 0 aromatic carbocycles. The highest BCUT2D eigenvalue weighted by Crippen LogP contribution is 2.43. The van der Waals surface area contributed by atoms with E-state index in [9.17, 15) is 19.9 Å². The first-order valence-electron chi connectivity index (χ1n) is 7.47. The van der Waals surface area contributed by atoms with Gasteiger partial charge >= 0.3 is 7.82 Å². The fraction of sp³-hybridized carbons (Fsp3) is 0.583. The van der Waals surface area contributed by atoms with Crippen LogP contribution in [0.2, 0.25) is 0 Å². The highest BCUT2D eigenvalue weighted by molar-refractivity contribution is 7.46. The second-order valence-electron chi connectivity index (χ2n) is 5.85. The van der Waals surface area contributed by atoms with Crippen molar-refractivity contribution in [1.29, 1.82) is 0 Å². The summed E-state index contributed by atoms with van der Waals surface area (Å²) in [6, 6.07) is 0. The van der Waals surface area contributed by atoms with E-state index in [0.29, 0.717) is 11.3 Å². The normalized spacial score (nSPS) is 30.0. The summed E-state index contributed by atoms with van der Waals surface area (Å²) in [4.78, 5) is 26.3. The van der Waals surface area contributed by atoms with Crippen molar-refractivity contribution in [3.63, 3.8) is 0 Å². The number of nitrogens with zero attached hydrogens (tertiary/aromatic N) is 4. The van der Waals surface area contributed by atoms with Gasteiger partial charge < -0.3 is 35.6 Å². The van der Waals surface area contributed by atoms with Crippen LogP contribution in [0.3, 0.4) is 0 Å². The van der Waals surface area contributed by atoms with Gasteiger partial charge in [0.25, 0.3) is 5.82 Å². The Balaban J connectivity index is 2.03. The Morgan fingerprint density at radius 2 is 2.08 bits per heavy atom. The van der Waals surface area contributed by atoms with Crippen LogP contribution in [-0.4, -0.2) is 70.7 Å². The molecule has 0 bridgehead atoms. The lowest BCUT2D eigenvalue weighted by atomic mass is 9.98. The largest absolute Gasteiger partial charge is 0.470 e. The predicted octanol–water partition coefficient (Wildman–Crippen LogP) is -3.07. The van der Waals surface area contributed by atoms with Crippen molar-refractivity contribution in [2.24, 2.45) is 7.05 Å². The quantitative estimate of drug-likeness (QED) is 0.228. The first-order valence-corrected chi connectivity index (χ1v) is 9.00. The number of nitrogens with two attached hydrogens (primary N) is 1. The molecule has 26 heavy (non-hydrogen) atoms. The molecule has 1 saturated heterocycles. The summed E-state index contributed by atoms with van der Waals surface area (Å²) >= 11 is 0. The summed E-state index contributed by atoms with van der Waals surface area (Å²) in [5, 5.41) is 30.0. The van der Waals surface area contributed by atoms with Gasteiger partial charge in [0, 0.05) is 0 Å². The number of nitrogen functional groups attached to an aromatic ring is 1. The minimum atomic E-state index is -5.03. The van der Waals surface area contributed by atoms with E-state index in [1.165, 1.54) is 21.8 Å². The molecule has 1 fully saturated rings. The summed E-state index contributed by atoms with van der Waals surface area (Å²) in [5.74, 6) is 0.292. The molecular weight excluding hydrogens is 373 g/mol. The van der Waals surface area contributed by atoms with E-state index in [4.69, 9.17) is 20.3 Å². The van der Waals surface area contributed by atoms with Crippen LogP contribution in [0, 0.1) is 0 Å². The number of aromatic nitrogens is 4. The number of fused-ring (bicyclic) bond motifs is 1. The molecule has 0 radical (unpaired) electrons. The summed E-state index contributed by atoms with van der Waals surface area (Å²) in [6.07, 6.45) is -4.98. The minimum Gasteiger partial charge on any atom is -0.394 e. The molecule has 0 amide bonds. The molecule has 3 heterocycles. The minimum absolute atomic E-state index is 0.229. The fourth-order valence-electron chi connectivity index (χ4n) is 2.80. The zero-order valence-corrected chi connectivity index (χ0v) is 14.4. The van der Waals surface area contributed by atoms with Gasteiger partial charge in [-0.15, -0.1) is 0 Å². The third-order valence-electron chi connectivity index (χ3n) is 4.12. The molecule has 0 aliphatic carbocycles. The molecule has 13 nitrogen and oxygen atoms in total. The molecule has 0 unspecified atom stereocenters. The summed E-state index contributed by atoms with van der Waals surface area (Å²) in [7, 11) is -3.37. The highest BCUT2D eigenvalue weighted by Gasteiger charge is 2.49. The van der Waals surface area contributed by atoms with Crippen LogP contribution in [0.4, 0.5) is 5.82 Å². The van der Waals surface area contributed by atoms with E-state index in [1.807, 2.05) is 0 Å². The standard InChI is InChI=1S/C12H18N5O8P/c1-16-3-15-11-6(10(16)13)14-4-17(11)12-8(20)9(25-26(21,22)23)7(19)5(2-18)24-12/h3-5,7-9,12-13,18-20H,2H2,1H3,(H2,21,22,23)/p+1/t5-,7-,8-,9+,12-/m1/s1. The van der Waals surface area contributed by atoms with Crippen LogP contribution in [0.15, 0.2) is 12.7 Å². The van der Waals surface area contributed by atoms with Gasteiger partial charge in [-0.2, -0.15) is 0 Å². The van der Waals surface area contributed by atoms with Crippen molar-refractivity contribution >= 4 is 24.8 Å². The molecule has 5 atom stereocenters. The number of aliphatic hydroxyl groups is 3. The maximum Gasteiger partial charge on any atom is 0.470 e. The number of aryl methyl sites for hydroxylation is 1.